The Bertz CT molecular complexity index is 764. The van der Waals surface area contributed by atoms with E-state index in [1.165, 1.54) is 4.90 Å². The average molecular weight is 372 g/mol. The van der Waals surface area contributed by atoms with E-state index >= 15 is 0 Å². The molecule has 1 fully saturated rings. The molecule has 1 atom stereocenters. The van der Waals surface area contributed by atoms with E-state index in [0.29, 0.717) is 0 Å². The molecule has 0 saturated carbocycles. The summed E-state index contributed by atoms with van der Waals surface area (Å²) in [5.41, 5.74) is 1.79. The van der Waals surface area contributed by atoms with Crippen molar-refractivity contribution >= 4 is 23.5 Å². The molecule has 1 saturated heterocycles. The van der Waals surface area contributed by atoms with E-state index in [-0.39, 0.29) is 12.1 Å². The van der Waals surface area contributed by atoms with Gasteiger partial charge in [0.25, 0.3) is 0 Å². The van der Waals surface area contributed by atoms with Gasteiger partial charge >= 0.3 is 6.03 Å². The molecule has 0 aromatic heterocycles. The van der Waals surface area contributed by atoms with E-state index in [4.69, 9.17) is 9.47 Å². The summed E-state index contributed by atoms with van der Waals surface area (Å²) in [5.74, 6) is 1.54. The quantitative estimate of drug-likeness (QED) is 0.767. The lowest BCUT2D eigenvalue weighted by Crippen LogP contribution is -2.34. The Morgan fingerprint density at radius 3 is 2.58 bits per heavy atom. The standard InChI is InChI=1S/C20H24N2O3S/c1-24-15-8-11-19(25-2)17(13-15)18-5-4-12-22(18)20(23)21-14-6-9-16(26-3)10-7-14/h6-11,13,18H,4-5,12H2,1-3H3,(H,21,23). The maximum Gasteiger partial charge on any atom is 0.322 e. The monoisotopic (exact) mass is 372 g/mol. The fraction of sp³-hybridized carbons (Fsp3) is 0.350. The summed E-state index contributed by atoms with van der Waals surface area (Å²) >= 11 is 1.68. The van der Waals surface area contributed by atoms with Gasteiger partial charge in [-0.2, -0.15) is 0 Å². The summed E-state index contributed by atoms with van der Waals surface area (Å²) in [6.07, 6.45) is 3.90. The number of hydrogen-bond acceptors (Lipinski definition) is 4. The number of anilines is 1. The SMILES string of the molecule is COc1ccc(OC)c(C2CCCN2C(=O)Nc2ccc(SC)cc2)c1. The van der Waals surface area contributed by atoms with Crippen molar-refractivity contribution in [2.24, 2.45) is 0 Å². The van der Waals surface area contributed by atoms with Gasteiger partial charge in [-0.05, 0) is 61.6 Å². The van der Waals surface area contributed by atoms with Crippen molar-refractivity contribution in [3.05, 3.63) is 48.0 Å². The second-order valence-corrected chi connectivity index (χ2v) is 7.00. The zero-order chi connectivity index (χ0) is 18.5. The molecule has 2 aromatic carbocycles. The van der Waals surface area contributed by atoms with Gasteiger partial charge in [0.15, 0.2) is 0 Å². The Morgan fingerprint density at radius 2 is 1.92 bits per heavy atom. The number of methoxy groups -OCH3 is 2. The van der Waals surface area contributed by atoms with Crippen LogP contribution in [0.25, 0.3) is 0 Å². The smallest absolute Gasteiger partial charge is 0.322 e. The van der Waals surface area contributed by atoms with Gasteiger partial charge in [0.1, 0.15) is 11.5 Å². The maximum absolute atomic E-state index is 12.8. The number of likely N-dealkylation sites (tertiary alicyclic amines) is 1. The molecule has 0 bridgehead atoms. The summed E-state index contributed by atoms with van der Waals surface area (Å²) in [6, 6.07) is 13.5. The van der Waals surface area contributed by atoms with Crippen LogP contribution in [0.3, 0.4) is 0 Å². The van der Waals surface area contributed by atoms with Gasteiger partial charge in [-0.25, -0.2) is 4.79 Å². The normalized spacial score (nSPS) is 16.4. The molecule has 3 rings (SSSR count). The number of ether oxygens (including phenoxy) is 2. The maximum atomic E-state index is 12.8. The lowest BCUT2D eigenvalue weighted by atomic mass is 10.0. The zero-order valence-corrected chi connectivity index (χ0v) is 16.1. The van der Waals surface area contributed by atoms with Crippen molar-refractivity contribution in [1.29, 1.82) is 0 Å². The van der Waals surface area contributed by atoms with Crippen molar-refractivity contribution in [2.75, 3.05) is 32.3 Å². The first-order chi connectivity index (χ1) is 12.7. The minimum Gasteiger partial charge on any atom is -0.497 e. The fourth-order valence-electron chi connectivity index (χ4n) is 3.30. The van der Waals surface area contributed by atoms with Gasteiger partial charge in [0.2, 0.25) is 0 Å². The lowest BCUT2D eigenvalue weighted by Gasteiger charge is -2.27. The summed E-state index contributed by atoms with van der Waals surface area (Å²) < 4.78 is 10.9. The van der Waals surface area contributed by atoms with Gasteiger partial charge in [0, 0.05) is 22.7 Å². The summed E-state index contributed by atoms with van der Waals surface area (Å²) in [4.78, 5) is 15.9. The number of carbonyl (C=O) groups is 1. The van der Waals surface area contributed by atoms with Crippen LogP contribution in [-0.2, 0) is 0 Å². The van der Waals surface area contributed by atoms with Crippen molar-refractivity contribution < 1.29 is 14.3 Å². The van der Waals surface area contributed by atoms with Crippen molar-refractivity contribution in [3.8, 4) is 11.5 Å². The van der Waals surface area contributed by atoms with E-state index in [1.807, 2.05) is 53.6 Å². The number of amides is 2. The second kappa shape index (κ2) is 8.36. The first-order valence-corrected chi connectivity index (χ1v) is 9.82. The van der Waals surface area contributed by atoms with E-state index in [2.05, 4.69) is 5.32 Å². The zero-order valence-electron chi connectivity index (χ0n) is 15.3. The molecular formula is C20H24N2O3S. The molecule has 0 radical (unpaired) electrons. The number of rotatable bonds is 5. The van der Waals surface area contributed by atoms with Crippen LogP contribution in [0, 0.1) is 0 Å². The summed E-state index contributed by atoms with van der Waals surface area (Å²) in [5, 5.41) is 3.01. The molecule has 2 aromatic rings. The predicted octanol–water partition coefficient (Wildman–Crippen LogP) is 4.79. The Kier molecular flexibility index (Phi) is 5.93. The molecule has 6 heteroatoms. The molecule has 26 heavy (non-hydrogen) atoms. The van der Waals surface area contributed by atoms with Crippen LogP contribution in [0.1, 0.15) is 24.4 Å². The first kappa shape index (κ1) is 18.5. The lowest BCUT2D eigenvalue weighted by molar-refractivity contribution is 0.206. The van der Waals surface area contributed by atoms with Crippen LogP contribution in [0.15, 0.2) is 47.4 Å². The number of carbonyl (C=O) groups excluding carboxylic acids is 1. The second-order valence-electron chi connectivity index (χ2n) is 6.12. The molecule has 1 N–H and O–H groups in total. The average Bonchev–Trinajstić information content (AvgIpc) is 3.18. The third-order valence-corrected chi connectivity index (χ3v) is 5.39. The Labute approximate surface area is 158 Å². The third kappa shape index (κ3) is 3.90. The minimum atomic E-state index is -0.0886. The molecule has 1 aliphatic heterocycles. The number of benzene rings is 2. The Hall–Kier alpha value is -2.34. The fourth-order valence-corrected chi connectivity index (χ4v) is 3.71. The number of urea groups is 1. The van der Waals surface area contributed by atoms with Gasteiger partial charge in [-0.15, -0.1) is 11.8 Å². The van der Waals surface area contributed by atoms with Gasteiger partial charge in [-0.3, -0.25) is 0 Å². The first-order valence-electron chi connectivity index (χ1n) is 8.60. The molecule has 1 unspecified atom stereocenters. The van der Waals surface area contributed by atoms with Crippen LogP contribution in [-0.4, -0.2) is 38.0 Å². The Morgan fingerprint density at radius 1 is 1.15 bits per heavy atom. The van der Waals surface area contributed by atoms with E-state index < -0.39 is 0 Å². The third-order valence-electron chi connectivity index (χ3n) is 4.65. The summed E-state index contributed by atoms with van der Waals surface area (Å²) in [7, 11) is 3.29. The van der Waals surface area contributed by atoms with Crippen LogP contribution in [0.2, 0.25) is 0 Å². The van der Waals surface area contributed by atoms with E-state index in [1.54, 1.807) is 26.0 Å². The molecule has 0 aliphatic carbocycles. The van der Waals surface area contributed by atoms with E-state index in [9.17, 15) is 4.79 Å². The largest absolute Gasteiger partial charge is 0.497 e. The highest BCUT2D eigenvalue weighted by molar-refractivity contribution is 7.98. The number of thioether (sulfide) groups is 1. The summed E-state index contributed by atoms with van der Waals surface area (Å²) in [6.45, 7) is 0.722. The van der Waals surface area contributed by atoms with Crippen molar-refractivity contribution in [1.82, 2.24) is 4.90 Å². The highest BCUT2D eigenvalue weighted by atomic mass is 32.2. The Balaban J connectivity index is 1.80. The van der Waals surface area contributed by atoms with Gasteiger partial charge in [-0.1, -0.05) is 0 Å². The number of nitrogens with one attached hydrogen (secondary N) is 1. The molecule has 0 spiro atoms. The van der Waals surface area contributed by atoms with E-state index in [0.717, 1.165) is 42.1 Å². The highest BCUT2D eigenvalue weighted by Crippen LogP contribution is 2.39. The molecule has 1 heterocycles. The van der Waals surface area contributed by atoms with Crippen LogP contribution in [0.4, 0.5) is 10.5 Å². The molecule has 1 aliphatic rings. The number of nitrogens with zero attached hydrogens (tertiary/aromatic N) is 1. The van der Waals surface area contributed by atoms with Crippen molar-refractivity contribution in [3.63, 3.8) is 0 Å². The molecule has 138 valence electrons. The molecular weight excluding hydrogens is 348 g/mol. The topological polar surface area (TPSA) is 50.8 Å². The van der Waals surface area contributed by atoms with Crippen LogP contribution >= 0.6 is 11.8 Å². The van der Waals surface area contributed by atoms with Gasteiger partial charge in [0.05, 0.1) is 20.3 Å². The number of hydrogen-bond donors (Lipinski definition) is 1. The van der Waals surface area contributed by atoms with Crippen molar-refractivity contribution in [2.45, 2.75) is 23.8 Å². The molecule has 5 nitrogen and oxygen atoms in total. The predicted molar refractivity (Wildman–Crippen MR) is 105 cm³/mol. The van der Waals surface area contributed by atoms with Gasteiger partial charge < -0.3 is 19.7 Å². The minimum absolute atomic E-state index is 0.0227. The van der Waals surface area contributed by atoms with Crippen LogP contribution in [0.5, 0.6) is 11.5 Å². The molecule has 2 amide bonds. The highest BCUT2D eigenvalue weighted by Gasteiger charge is 2.32. The van der Waals surface area contributed by atoms with Crippen LogP contribution < -0.4 is 14.8 Å².